The van der Waals surface area contributed by atoms with Crippen LogP contribution in [0.4, 0.5) is 4.39 Å². The number of para-hydroxylation sites is 1. The van der Waals surface area contributed by atoms with Crippen LogP contribution in [0, 0.1) is 5.82 Å². The fourth-order valence-electron chi connectivity index (χ4n) is 3.95. The molecule has 0 saturated carbocycles. The summed E-state index contributed by atoms with van der Waals surface area (Å²) in [4.78, 5) is 0. The van der Waals surface area contributed by atoms with Crippen LogP contribution in [0.15, 0.2) is 71.8 Å². The molecule has 0 aromatic heterocycles. The molecule has 0 aliphatic carbocycles. The monoisotopic (exact) mass is 390 g/mol. The minimum Gasteiger partial charge on any atom is -0.507 e. The van der Waals surface area contributed by atoms with Crippen LogP contribution in [-0.2, 0) is 0 Å². The van der Waals surface area contributed by atoms with Gasteiger partial charge in [-0.1, -0.05) is 36.4 Å². The van der Waals surface area contributed by atoms with Crippen molar-refractivity contribution < 1.29 is 19.0 Å². The van der Waals surface area contributed by atoms with E-state index in [2.05, 4.69) is 0 Å². The van der Waals surface area contributed by atoms with E-state index >= 15 is 0 Å². The Morgan fingerprint density at radius 1 is 1.07 bits per heavy atom. The van der Waals surface area contributed by atoms with Gasteiger partial charge >= 0.3 is 0 Å². The number of nitrogens with zero attached hydrogens (tertiary/aromatic N) is 2. The number of phenolic OH excluding ortho intramolecular Hbond substituents is 1. The number of benzene rings is 3. The van der Waals surface area contributed by atoms with Crippen LogP contribution < -0.4 is 9.47 Å². The van der Waals surface area contributed by atoms with Crippen molar-refractivity contribution in [2.45, 2.75) is 18.7 Å². The number of halogens is 1. The molecule has 0 amide bonds. The molecular formula is C23H19FN2O3. The minimum atomic E-state index is -0.693. The number of fused-ring (bicyclic) bond motifs is 3. The molecular weight excluding hydrogens is 371 g/mol. The first kappa shape index (κ1) is 17.6. The van der Waals surface area contributed by atoms with Crippen LogP contribution in [0.2, 0.25) is 0 Å². The Balaban J connectivity index is 1.63. The number of ether oxygens (including phenoxy) is 2. The van der Waals surface area contributed by atoms with Gasteiger partial charge in [-0.15, -0.1) is 0 Å². The molecule has 3 aromatic rings. The average molecular weight is 390 g/mol. The van der Waals surface area contributed by atoms with Crippen molar-refractivity contribution in [1.29, 1.82) is 0 Å². The topological polar surface area (TPSA) is 54.3 Å². The maximum atomic E-state index is 14.6. The van der Waals surface area contributed by atoms with Crippen molar-refractivity contribution in [3.63, 3.8) is 0 Å². The summed E-state index contributed by atoms with van der Waals surface area (Å²) in [6.07, 6.45) is -0.132. The summed E-state index contributed by atoms with van der Waals surface area (Å²) in [6, 6.07) is 19.2. The molecule has 6 heteroatoms. The minimum absolute atomic E-state index is 0.120. The summed E-state index contributed by atoms with van der Waals surface area (Å²) < 4.78 is 26.0. The quantitative estimate of drug-likeness (QED) is 0.699. The molecule has 2 aliphatic heterocycles. The van der Waals surface area contributed by atoms with Gasteiger partial charge in [0, 0.05) is 17.5 Å². The summed E-state index contributed by atoms with van der Waals surface area (Å²) in [5.74, 6) is 1.13. The number of hydrogen-bond donors (Lipinski definition) is 1. The number of phenols is 1. The smallest absolute Gasteiger partial charge is 0.216 e. The second-order valence-electron chi connectivity index (χ2n) is 7.06. The first-order chi connectivity index (χ1) is 14.2. The highest BCUT2D eigenvalue weighted by molar-refractivity contribution is 6.04. The van der Waals surface area contributed by atoms with Crippen molar-refractivity contribution in [1.82, 2.24) is 5.01 Å². The van der Waals surface area contributed by atoms with E-state index in [1.54, 1.807) is 48.5 Å². The lowest BCUT2D eigenvalue weighted by Crippen LogP contribution is -2.34. The molecule has 2 unspecified atom stereocenters. The molecule has 5 nitrogen and oxygen atoms in total. The number of methoxy groups -OCH3 is 1. The van der Waals surface area contributed by atoms with Gasteiger partial charge in [0.1, 0.15) is 23.1 Å². The van der Waals surface area contributed by atoms with Crippen molar-refractivity contribution in [2.75, 3.05) is 7.11 Å². The molecule has 2 aliphatic rings. The second-order valence-corrected chi connectivity index (χ2v) is 7.06. The Hall–Kier alpha value is -3.54. The van der Waals surface area contributed by atoms with Crippen LogP contribution in [-0.4, -0.2) is 22.9 Å². The van der Waals surface area contributed by atoms with Gasteiger partial charge in [-0.05, 0) is 30.3 Å². The van der Waals surface area contributed by atoms with Crippen LogP contribution in [0.1, 0.15) is 35.4 Å². The predicted molar refractivity (Wildman–Crippen MR) is 107 cm³/mol. The molecule has 1 N–H and O–H groups in total. The van der Waals surface area contributed by atoms with Gasteiger partial charge < -0.3 is 14.6 Å². The molecule has 0 fully saturated rings. The molecule has 0 bridgehead atoms. The number of hydrazone groups is 1. The molecule has 2 atom stereocenters. The third-order valence-electron chi connectivity index (χ3n) is 5.38. The SMILES string of the molecule is COc1ccc(O)c(C2=NN3C(C2)c2ccccc2OC3c2ccccc2F)c1. The summed E-state index contributed by atoms with van der Waals surface area (Å²) in [7, 11) is 1.58. The van der Waals surface area contributed by atoms with Crippen LogP contribution in [0.5, 0.6) is 17.2 Å². The molecule has 0 spiro atoms. The Morgan fingerprint density at radius 2 is 1.83 bits per heavy atom. The zero-order valence-electron chi connectivity index (χ0n) is 15.7. The second kappa shape index (κ2) is 6.81. The van der Waals surface area contributed by atoms with E-state index in [9.17, 15) is 9.50 Å². The standard InChI is InChI=1S/C23H19FN2O3/c1-28-14-10-11-21(27)17(12-14)19-13-20-16-7-3-5-9-22(16)29-23(26(20)25-19)15-6-2-4-8-18(15)24/h2-12,20,23,27H,13H2,1H3. The zero-order valence-corrected chi connectivity index (χ0v) is 15.7. The van der Waals surface area contributed by atoms with E-state index in [1.807, 2.05) is 24.3 Å². The van der Waals surface area contributed by atoms with Gasteiger partial charge in [-0.2, -0.15) is 5.10 Å². The largest absolute Gasteiger partial charge is 0.507 e. The Labute approximate surface area is 167 Å². The van der Waals surface area contributed by atoms with Gasteiger partial charge in [0.2, 0.25) is 6.23 Å². The third-order valence-corrected chi connectivity index (χ3v) is 5.38. The fraction of sp³-hybridized carbons (Fsp3) is 0.174. The summed E-state index contributed by atoms with van der Waals surface area (Å²) in [5, 5.41) is 16.9. The van der Waals surface area contributed by atoms with Crippen LogP contribution in [0.25, 0.3) is 0 Å². The van der Waals surface area contributed by atoms with Crippen LogP contribution in [0.3, 0.4) is 0 Å². The number of hydrogen-bond acceptors (Lipinski definition) is 5. The van der Waals surface area contributed by atoms with Crippen molar-refractivity contribution in [2.24, 2.45) is 5.10 Å². The molecule has 5 rings (SSSR count). The molecule has 0 saturated heterocycles. The van der Waals surface area contributed by atoms with Gasteiger partial charge in [0.25, 0.3) is 0 Å². The lowest BCUT2D eigenvalue weighted by Gasteiger charge is -2.38. The van der Waals surface area contributed by atoms with E-state index in [-0.39, 0.29) is 17.6 Å². The van der Waals surface area contributed by atoms with Crippen molar-refractivity contribution in [3.05, 3.63) is 89.2 Å². The maximum absolute atomic E-state index is 14.6. The van der Waals surface area contributed by atoms with E-state index in [0.29, 0.717) is 34.8 Å². The van der Waals surface area contributed by atoms with Crippen LogP contribution >= 0.6 is 0 Å². The Kier molecular flexibility index (Phi) is 4.12. The summed E-state index contributed by atoms with van der Waals surface area (Å²) >= 11 is 0. The molecule has 2 heterocycles. The first-order valence-corrected chi connectivity index (χ1v) is 9.39. The average Bonchev–Trinajstić information content (AvgIpc) is 3.19. The number of rotatable bonds is 3. The highest BCUT2D eigenvalue weighted by Crippen LogP contribution is 2.48. The normalized spacial score (nSPS) is 19.8. The lowest BCUT2D eigenvalue weighted by molar-refractivity contribution is -0.0212. The molecule has 29 heavy (non-hydrogen) atoms. The third kappa shape index (κ3) is 2.88. The molecule has 146 valence electrons. The molecule has 3 aromatic carbocycles. The highest BCUT2D eigenvalue weighted by Gasteiger charge is 2.42. The van der Waals surface area contributed by atoms with Crippen molar-refractivity contribution in [3.8, 4) is 17.2 Å². The maximum Gasteiger partial charge on any atom is 0.216 e. The van der Waals surface area contributed by atoms with E-state index in [4.69, 9.17) is 14.6 Å². The zero-order chi connectivity index (χ0) is 20.0. The summed E-state index contributed by atoms with van der Waals surface area (Å²) in [6.45, 7) is 0. The highest BCUT2D eigenvalue weighted by atomic mass is 19.1. The van der Waals surface area contributed by atoms with Crippen molar-refractivity contribution >= 4 is 5.71 Å². The number of aromatic hydroxyl groups is 1. The van der Waals surface area contributed by atoms with Gasteiger partial charge in [-0.25, -0.2) is 9.40 Å². The van der Waals surface area contributed by atoms with E-state index in [0.717, 1.165) is 5.56 Å². The predicted octanol–water partition coefficient (Wildman–Crippen LogP) is 4.78. The Bertz CT molecular complexity index is 1110. The van der Waals surface area contributed by atoms with Gasteiger partial charge in [-0.3, -0.25) is 0 Å². The Morgan fingerprint density at radius 3 is 2.62 bits per heavy atom. The van der Waals surface area contributed by atoms with Gasteiger partial charge in [0.15, 0.2) is 0 Å². The first-order valence-electron chi connectivity index (χ1n) is 9.39. The summed E-state index contributed by atoms with van der Waals surface area (Å²) in [5.41, 5.74) is 2.71. The molecule has 0 radical (unpaired) electrons. The van der Waals surface area contributed by atoms with E-state index in [1.165, 1.54) is 6.07 Å². The van der Waals surface area contributed by atoms with Gasteiger partial charge in [0.05, 0.1) is 24.4 Å². The fourth-order valence-corrected chi connectivity index (χ4v) is 3.95. The van der Waals surface area contributed by atoms with E-state index < -0.39 is 6.23 Å². The lowest BCUT2D eigenvalue weighted by atomic mass is 9.95.